The van der Waals surface area contributed by atoms with Crippen molar-refractivity contribution in [3.05, 3.63) is 58.6 Å². The van der Waals surface area contributed by atoms with Crippen molar-refractivity contribution >= 4 is 23.3 Å². The number of alkyl halides is 3. The number of carbonyl (C=O) groups is 2. The molecule has 0 unspecified atom stereocenters. The average molecular weight is 564 g/mol. The molecular formula is C26H28F3N5O4S. The Hall–Kier alpha value is -3.74. The van der Waals surface area contributed by atoms with Crippen LogP contribution < -0.4 is 10.1 Å². The molecule has 1 N–H and O–H groups in total. The third-order valence-corrected chi connectivity index (χ3v) is 6.98. The summed E-state index contributed by atoms with van der Waals surface area (Å²) in [6.07, 6.45) is -0.0438. The van der Waals surface area contributed by atoms with Crippen molar-refractivity contribution < 1.29 is 32.2 Å². The number of hydrogen-bond acceptors (Lipinski definition) is 8. The van der Waals surface area contributed by atoms with Crippen molar-refractivity contribution in [1.29, 1.82) is 0 Å². The van der Waals surface area contributed by atoms with Gasteiger partial charge >= 0.3 is 12.3 Å². The molecule has 1 aliphatic rings. The second-order valence-electron chi connectivity index (χ2n) is 9.08. The molecule has 0 saturated carbocycles. The fourth-order valence-electron chi connectivity index (χ4n) is 4.09. The summed E-state index contributed by atoms with van der Waals surface area (Å²) in [7, 11) is 0. The van der Waals surface area contributed by atoms with E-state index in [2.05, 4.69) is 20.3 Å². The standard InChI is InChI=1S/C26H28F3N5O4S/c1-4-37-25(36)34-7-5-6-20(14-34)38-21-9-17(8-18(10-21)23-30-11-15(2)39-23)22(35)33-16(3)19-12-31-24(32-13-19)26(27,28)29/h8-13,16,20H,4-7,14H2,1-3H3,(H,33,35)/t16-,20+/m1/s1. The van der Waals surface area contributed by atoms with Crippen LogP contribution in [-0.4, -0.2) is 57.7 Å². The van der Waals surface area contributed by atoms with Gasteiger partial charge in [-0.15, -0.1) is 11.3 Å². The molecule has 2 aromatic heterocycles. The predicted octanol–water partition coefficient (Wildman–Crippen LogP) is 5.42. The molecule has 9 nitrogen and oxygen atoms in total. The summed E-state index contributed by atoms with van der Waals surface area (Å²) in [5.74, 6) is -1.27. The van der Waals surface area contributed by atoms with Crippen LogP contribution in [0.3, 0.4) is 0 Å². The molecule has 0 aliphatic carbocycles. The third-order valence-electron chi connectivity index (χ3n) is 6.02. The van der Waals surface area contributed by atoms with Crippen LogP contribution in [0.5, 0.6) is 5.75 Å². The van der Waals surface area contributed by atoms with Gasteiger partial charge in [0.15, 0.2) is 0 Å². The molecule has 0 radical (unpaired) electrons. The Morgan fingerprint density at radius 1 is 1.18 bits per heavy atom. The van der Waals surface area contributed by atoms with Crippen molar-refractivity contribution in [2.75, 3.05) is 19.7 Å². The lowest BCUT2D eigenvalue weighted by atomic mass is 10.1. The largest absolute Gasteiger partial charge is 0.489 e. The summed E-state index contributed by atoms with van der Waals surface area (Å²) < 4.78 is 49.7. The lowest BCUT2D eigenvalue weighted by Gasteiger charge is -2.32. The molecule has 3 aromatic rings. The number of benzene rings is 1. The maximum Gasteiger partial charge on any atom is 0.451 e. The van der Waals surface area contributed by atoms with E-state index in [4.69, 9.17) is 9.47 Å². The number of amides is 2. The van der Waals surface area contributed by atoms with Crippen molar-refractivity contribution in [3.8, 4) is 16.3 Å². The number of nitrogens with one attached hydrogen (secondary N) is 1. The van der Waals surface area contributed by atoms with Gasteiger partial charge in [-0.25, -0.2) is 19.7 Å². The molecule has 13 heteroatoms. The number of piperidine rings is 1. The Morgan fingerprint density at radius 2 is 1.92 bits per heavy atom. The first-order valence-corrected chi connectivity index (χ1v) is 13.2. The summed E-state index contributed by atoms with van der Waals surface area (Å²) in [5, 5.41) is 3.48. The normalized spacial score (nSPS) is 16.5. The maximum atomic E-state index is 13.2. The van der Waals surface area contributed by atoms with E-state index in [1.165, 1.54) is 11.3 Å². The quantitative estimate of drug-likeness (QED) is 0.409. The number of hydrogen-bond donors (Lipinski definition) is 1. The van der Waals surface area contributed by atoms with Crippen molar-refractivity contribution in [3.63, 3.8) is 0 Å². The first kappa shape index (κ1) is 28.3. The second-order valence-corrected chi connectivity index (χ2v) is 10.3. The van der Waals surface area contributed by atoms with E-state index in [0.29, 0.717) is 35.0 Å². The third kappa shape index (κ3) is 7.22. The molecule has 39 heavy (non-hydrogen) atoms. The SMILES string of the molecule is CCOC(=O)N1CCC[C@H](Oc2cc(C(=O)N[C@H](C)c3cnc(C(F)(F)F)nc3)cc(-c3ncc(C)s3)c2)C1. The summed E-state index contributed by atoms with van der Waals surface area (Å²) in [6.45, 7) is 6.52. The molecule has 0 spiro atoms. The first-order chi connectivity index (χ1) is 18.5. The highest BCUT2D eigenvalue weighted by Gasteiger charge is 2.34. The fraction of sp³-hybridized carbons (Fsp3) is 0.423. The van der Waals surface area contributed by atoms with Gasteiger partial charge in [0, 0.05) is 46.7 Å². The topological polar surface area (TPSA) is 107 Å². The van der Waals surface area contributed by atoms with Crippen LogP contribution in [-0.2, 0) is 10.9 Å². The van der Waals surface area contributed by atoms with Crippen molar-refractivity contribution in [2.45, 2.75) is 51.9 Å². The molecule has 1 aromatic carbocycles. The zero-order chi connectivity index (χ0) is 28.2. The minimum atomic E-state index is -4.65. The molecule has 3 heterocycles. The highest BCUT2D eigenvalue weighted by atomic mass is 32.1. The highest BCUT2D eigenvalue weighted by Crippen LogP contribution is 2.31. The molecule has 208 valence electrons. The number of halogens is 3. The van der Waals surface area contributed by atoms with Crippen LogP contribution in [0.25, 0.3) is 10.6 Å². The minimum absolute atomic E-state index is 0.283. The Labute approximate surface area is 227 Å². The van der Waals surface area contributed by atoms with Gasteiger partial charge < -0.3 is 19.7 Å². The fourth-order valence-corrected chi connectivity index (χ4v) is 4.84. The number of likely N-dealkylation sites (tertiary alicyclic amines) is 1. The molecule has 1 fully saturated rings. The summed E-state index contributed by atoms with van der Waals surface area (Å²) in [5.41, 5.74) is 1.29. The van der Waals surface area contributed by atoms with Crippen LogP contribution in [0, 0.1) is 6.92 Å². The second kappa shape index (κ2) is 12.0. The molecule has 2 amide bonds. The van der Waals surface area contributed by atoms with Gasteiger partial charge in [-0.05, 0) is 51.8 Å². The van der Waals surface area contributed by atoms with E-state index in [1.807, 2.05) is 6.92 Å². The van der Waals surface area contributed by atoms with Crippen LogP contribution in [0.4, 0.5) is 18.0 Å². The smallest absolute Gasteiger partial charge is 0.451 e. The summed E-state index contributed by atoms with van der Waals surface area (Å²) >= 11 is 1.46. The Balaban J connectivity index is 1.54. The number of aromatic nitrogens is 3. The molecule has 1 aliphatic heterocycles. The Bertz CT molecular complexity index is 1320. The Kier molecular flexibility index (Phi) is 8.68. The number of ether oxygens (including phenoxy) is 2. The molecule has 4 rings (SSSR count). The Morgan fingerprint density at radius 3 is 2.56 bits per heavy atom. The van der Waals surface area contributed by atoms with Gasteiger partial charge in [-0.1, -0.05) is 0 Å². The average Bonchev–Trinajstić information content (AvgIpc) is 3.34. The van der Waals surface area contributed by atoms with Crippen molar-refractivity contribution in [1.82, 2.24) is 25.2 Å². The lowest BCUT2D eigenvalue weighted by molar-refractivity contribution is -0.145. The highest BCUT2D eigenvalue weighted by molar-refractivity contribution is 7.14. The van der Waals surface area contributed by atoms with E-state index in [-0.39, 0.29) is 24.4 Å². The van der Waals surface area contributed by atoms with Gasteiger partial charge in [0.2, 0.25) is 5.82 Å². The summed E-state index contributed by atoms with van der Waals surface area (Å²) in [6, 6.07) is 4.41. The van der Waals surface area contributed by atoms with Crippen LogP contribution in [0.1, 0.15) is 59.4 Å². The molecule has 1 saturated heterocycles. The van der Waals surface area contributed by atoms with Gasteiger partial charge in [0.25, 0.3) is 5.91 Å². The zero-order valence-electron chi connectivity index (χ0n) is 21.6. The lowest BCUT2D eigenvalue weighted by Crippen LogP contribution is -2.44. The maximum absolute atomic E-state index is 13.2. The van der Waals surface area contributed by atoms with E-state index in [0.717, 1.165) is 30.1 Å². The number of carbonyl (C=O) groups excluding carboxylic acids is 2. The number of rotatable bonds is 7. The predicted molar refractivity (Wildman–Crippen MR) is 137 cm³/mol. The van der Waals surface area contributed by atoms with Crippen LogP contribution >= 0.6 is 11.3 Å². The first-order valence-electron chi connectivity index (χ1n) is 12.4. The van der Waals surface area contributed by atoms with Gasteiger partial charge in [0.05, 0.1) is 19.2 Å². The van der Waals surface area contributed by atoms with Crippen molar-refractivity contribution in [2.24, 2.45) is 0 Å². The van der Waals surface area contributed by atoms with E-state index in [9.17, 15) is 22.8 Å². The minimum Gasteiger partial charge on any atom is -0.489 e. The van der Waals surface area contributed by atoms with Gasteiger partial charge in [-0.2, -0.15) is 13.2 Å². The van der Waals surface area contributed by atoms with E-state index in [1.54, 1.807) is 43.1 Å². The van der Waals surface area contributed by atoms with E-state index >= 15 is 0 Å². The molecule has 0 bridgehead atoms. The van der Waals surface area contributed by atoms with E-state index < -0.39 is 23.9 Å². The number of aryl methyl sites for hydroxylation is 1. The summed E-state index contributed by atoms with van der Waals surface area (Å²) in [4.78, 5) is 39.2. The van der Waals surface area contributed by atoms with Gasteiger partial charge in [-0.3, -0.25) is 4.79 Å². The molecule has 2 atom stereocenters. The number of nitrogens with zero attached hydrogens (tertiary/aromatic N) is 4. The van der Waals surface area contributed by atoms with Crippen LogP contribution in [0.15, 0.2) is 36.8 Å². The molecular weight excluding hydrogens is 535 g/mol. The zero-order valence-corrected chi connectivity index (χ0v) is 22.4. The monoisotopic (exact) mass is 563 g/mol. The van der Waals surface area contributed by atoms with Crippen LogP contribution in [0.2, 0.25) is 0 Å². The van der Waals surface area contributed by atoms with Gasteiger partial charge in [0.1, 0.15) is 16.9 Å². The number of thiazole rings is 1.